The van der Waals surface area contributed by atoms with E-state index in [1.165, 1.54) is 12.1 Å². The molecule has 0 amide bonds. The topological polar surface area (TPSA) is 20.2 Å². The fraction of sp³-hybridized carbons (Fsp3) is 0.538. The molecule has 1 saturated carbocycles. The Balaban J connectivity index is 2.01. The lowest BCUT2D eigenvalue weighted by Crippen LogP contribution is -2.22. The first-order chi connectivity index (χ1) is 7.56. The maximum atomic E-state index is 12.9. The lowest BCUT2D eigenvalue weighted by molar-refractivity contribution is 0.105. The predicted molar refractivity (Wildman–Crippen MR) is 58.0 cm³/mol. The van der Waals surface area contributed by atoms with Crippen LogP contribution < -0.4 is 0 Å². The van der Waals surface area contributed by atoms with Crippen LogP contribution in [0.4, 0.5) is 8.78 Å². The van der Waals surface area contributed by atoms with Crippen LogP contribution in [0.2, 0.25) is 0 Å². The second kappa shape index (κ2) is 4.50. The van der Waals surface area contributed by atoms with Crippen molar-refractivity contribution >= 4 is 0 Å². The SMILES string of the molecule is CC(C(O)Cc1cc(F)cc(F)c1)C1CC1. The van der Waals surface area contributed by atoms with Crippen molar-refractivity contribution in [2.24, 2.45) is 11.8 Å². The fourth-order valence-corrected chi connectivity index (χ4v) is 2.09. The van der Waals surface area contributed by atoms with E-state index in [4.69, 9.17) is 0 Å². The molecular weight excluding hydrogens is 210 g/mol. The van der Waals surface area contributed by atoms with E-state index in [9.17, 15) is 13.9 Å². The highest BCUT2D eigenvalue weighted by molar-refractivity contribution is 5.18. The quantitative estimate of drug-likeness (QED) is 0.837. The zero-order valence-corrected chi connectivity index (χ0v) is 9.29. The van der Waals surface area contributed by atoms with E-state index in [1.807, 2.05) is 6.92 Å². The molecule has 1 aliphatic carbocycles. The van der Waals surface area contributed by atoms with Crippen molar-refractivity contribution in [1.82, 2.24) is 0 Å². The van der Waals surface area contributed by atoms with Gasteiger partial charge in [-0.3, -0.25) is 0 Å². The van der Waals surface area contributed by atoms with Crippen LogP contribution in [-0.2, 0) is 6.42 Å². The third kappa shape index (κ3) is 2.79. The van der Waals surface area contributed by atoms with Gasteiger partial charge in [0.05, 0.1) is 6.10 Å². The number of halogens is 2. The Kier molecular flexibility index (Phi) is 3.24. The molecule has 2 atom stereocenters. The minimum atomic E-state index is -0.582. The highest BCUT2D eigenvalue weighted by Crippen LogP contribution is 2.38. The average Bonchev–Trinajstić information content (AvgIpc) is 2.97. The summed E-state index contributed by atoms with van der Waals surface area (Å²) in [5, 5.41) is 9.92. The maximum Gasteiger partial charge on any atom is 0.126 e. The number of aliphatic hydroxyl groups is 1. The van der Waals surface area contributed by atoms with Crippen molar-refractivity contribution in [1.29, 1.82) is 0 Å². The van der Waals surface area contributed by atoms with Crippen LogP contribution in [0, 0.1) is 23.5 Å². The lowest BCUT2D eigenvalue weighted by atomic mass is 9.94. The van der Waals surface area contributed by atoms with Crippen molar-refractivity contribution in [3.8, 4) is 0 Å². The number of hydrogen-bond acceptors (Lipinski definition) is 1. The van der Waals surface area contributed by atoms with Crippen LogP contribution >= 0.6 is 0 Å². The molecule has 1 nitrogen and oxygen atoms in total. The molecule has 1 fully saturated rings. The van der Waals surface area contributed by atoms with Crippen LogP contribution in [0.3, 0.4) is 0 Å². The third-order valence-electron chi connectivity index (χ3n) is 3.34. The summed E-state index contributed by atoms with van der Waals surface area (Å²) < 4.78 is 25.9. The molecule has 2 unspecified atom stereocenters. The van der Waals surface area contributed by atoms with Crippen LogP contribution in [0.1, 0.15) is 25.3 Å². The van der Waals surface area contributed by atoms with Gasteiger partial charge in [-0.05, 0) is 48.8 Å². The van der Waals surface area contributed by atoms with E-state index in [0.717, 1.165) is 18.9 Å². The summed E-state index contributed by atoms with van der Waals surface area (Å²) >= 11 is 0. The van der Waals surface area contributed by atoms with E-state index in [-0.39, 0.29) is 5.92 Å². The van der Waals surface area contributed by atoms with Crippen molar-refractivity contribution in [2.45, 2.75) is 32.3 Å². The van der Waals surface area contributed by atoms with Gasteiger partial charge >= 0.3 is 0 Å². The van der Waals surface area contributed by atoms with Gasteiger partial charge in [0.25, 0.3) is 0 Å². The number of benzene rings is 1. The highest BCUT2D eigenvalue weighted by Gasteiger charge is 2.32. The van der Waals surface area contributed by atoms with Gasteiger partial charge in [0.1, 0.15) is 11.6 Å². The van der Waals surface area contributed by atoms with Gasteiger partial charge in [-0.2, -0.15) is 0 Å². The first-order valence-corrected chi connectivity index (χ1v) is 5.69. The Hall–Kier alpha value is -0.960. The molecule has 1 aromatic carbocycles. The van der Waals surface area contributed by atoms with Crippen LogP contribution in [0.25, 0.3) is 0 Å². The summed E-state index contributed by atoms with van der Waals surface area (Å²) in [5.41, 5.74) is 0.525. The summed E-state index contributed by atoms with van der Waals surface area (Å²) in [5.74, 6) is -0.359. The minimum Gasteiger partial charge on any atom is -0.392 e. The number of aliphatic hydroxyl groups excluding tert-OH is 1. The van der Waals surface area contributed by atoms with Crippen LogP contribution in [-0.4, -0.2) is 11.2 Å². The van der Waals surface area contributed by atoms with E-state index in [2.05, 4.69) is 0 Å². The molecule has 1 N–H and O–H groups in total. The Bertz CT molecular complexity index is 354. The summed E-state index contributed by atoms with van der Waals surface area (Å²) in [4.78, 5) is 0. The van der Waals surface area contributed by atoms with Gasteiger partial charge in [-0.25, -0.2) is 8.78 Å². The smallest absolute Gasteiger partial charge is 0.126 e. The molecule has 0 aliphatic heterocycles. The van der Waals surface area contributed by atoms with Gasteiger partial charge in [0.15, 0.2) is 0 Å². The monoisotopic (exact) mass is 226 g/mol. The van der Waals surface area contributed by atoms with Crippen molar-refractivity contribution in [3.63, 3.8) is 0 Å². The maximum absolute atomic E-state index is 12.9. The van der Waals surface area contributed by atoms with Gasteiger partial charge in [0, 0.05) is 6.07 Å². The molecule has 1 aliphatic rings. The van der Waals surface area contributed by atoms with Gasteiger partial charge in [-0.1, -0.05) is 6.92 Å². The molecule has 0 saturated heterocycles. The van der Waals surface area contributed by atoms with E-state index in [1.54, 1.807) is 0 Å². The second-order valence-corrected chi connectivity index (χ2v) is 4.75. The molecule has 0 radical (unpaired) electrons. The Morgan fingerprint density at radius 2 is 1.81 bits per heavy atom. The molecule has 16 heavy (non-hydrogen) atoms. The predicted octanol–water partition coefficient (Wildman–Crippen LogP) is 2.91. The first-order valence-electron chi connectivity index (χ1n) is 5.69. The minimum absolute atomic E-state index is 0.214. The summed E-state index contributed by atoms with van der Waals surface area (Å²) in [6.45, 7) is 2.00. The standard InChI is InChI=1S/C13H16F2O/c1-8(10-2-3-10)13(16)6-9-4-11(14)7-12(15)5-9/h4-5,7-8,10,13,16H,2-3,6H2,1H3. The van der Waals surface area contributed by atoms with E-state index in [0.29, 0.717) is 17.9 Å². The molecule has 0 aromatic heterocycles. The molecule has 3 heteroatoms. The number of rotatable bonds is 4. The molecule has 1 aromatic rings. The zero-order chi connectivity index (χ0) is 11.7. The second-order valence-electron chi connectivity index (χ2n) is 4.75. The highest BCUT2D eigenvalue weighted by atomic mass is 19.1. The molecule has 0 spiro atoms. The molecular formula is C13H16F2O. The van der Waals surface area contributed by atoms with Crippen molar-refractivity contribution < 1.29 is 13.9 Å². The van der Waals surface area contributed by atoms with Crippen LogP contribution in [0.5, 0.6) is 0 Å². The van der Waals surface area contributed by atoms with Gasteiger partial charge in [-0.15, -0.1) is 0 Å². The van der Waals surface area contributed by atoms with E-state index < -0.39 is 17.7 Å². The Morgan fingerprint density at radius 3 is 2.31 bits per heavy atom. The largest absolute Gasteiger partial charge is 0.392 e. The molecule has 0 bridgehead atoms. The molecule has 88 valence electrons. The normalized spacial score (nSPS) is 19.5. The fourth-order valence-electron chi connectivity index (χ4n) is 2.09. The zero-order valence-electron chi connectivity index (χ0n) is 9.29. The van der Waals surface area contributed by atoms with Crippen molar-refractivity contribution in [3.05, 3.63) is 35.4 Å². The summed E-state index contributed by atoms with van der Waals surface area (Å²) in [6.07, 6.45) is 2.14. The first kappa shape index (κ1) is 11.5. The Labute approximate surface area is 94.1 Å². The van der Waals surface area contributed by atoms with Crippen LogP contribution in [0.15, 0.2) is 18.2 Å². The summed E-state index contributed by atoms with van der Waals surface area (Å²) in [7, 11) is 0. The third-order valence-corrected chi connectivity index (χ3v) is 3.34. The average molecular weight is 226 g/mol. The lowest BCUT2D eigenvalue weighted by Gasteiger charge is -2.18. The summed E-state index contributed by atoms with van der Waals surface area (Å²) in [6, 6.07) is 3.41. The molecule has 2 rings (SSSR count). The van der Waals surface area contributed by atoms with Crippen molar-refractivity contribution in [2.75, 3.05) is 0 Å². The number of hydrogen-bond donors (Lipinski definition) is 1. The Morgan fingerprint density at radius 1 is 1.25 bits per heavy atom. The van der Waals surface area contributed by atoms with Gasteiger partial charge < -0.3 is 5.11 Å². The van der Waals surface area contributed by atoms with Gasteiger partial charge in [0.2, 0.25) is 0 Å². The van der Waals surface area contributed by atoms with E-state index >= 15 is 0 Å². The molecule has 0 heterocycles.